The highest BCUT2D eigenvalue weighted by Gasteiger charge is 2.27. The summed E-state index contributed by atoms with van der Waals surface area (Å²) in [5.41, 5.74) is 2.77. The second-order valence-corrected chi connectivity index (χ2v) is 7.50. The van der Waals surface area contributed by atoms with Crippen LogP contribution in [-0.2, 0) is 6.42 Å². The summed E-state index contributed by atoms with van der Waals surface area (Å²) in [7, 11) is 0. The molecule has 5 nitrogen and oxygen atoms in total. The molecule has 0 spiro atoms. The SMILES string of the molecule is Cc1ccc(C(=O)C2CCN(C(=O)NCCc3ccc(OC(F)F)cc3)CC2)cc1. The first-order valence-electron chi connectivity index (χ1n) is 10.1. The van der Waals surface area contributed by atoms with Crippen LogP contribution in [-0.4, -0.2) is 43.0 Å². The number of nitrogens with one attached hydrogen (secondary N) is 1. The van der Waals surface area contributed by atoms with Gasteiger partial charge in [-0.15, -0.1) is 0 Å². The largest absolute Gasteiger partial charge is 0.435 e. The normalized spacial score (nSPS) is 14.6. The number of hydrogen-bond donors (Lipinski definition) is 1. The molecule has 2 aromatic rings. The van der Waals surface area contributed by atoms with Crippen LogP contribution >= 0.6 is 0 Å². The summed E-state index contributed by atoms with van der Waals surface area (Å²) in [4.78, 5) is 26.7. The minimum Gasteiger partial charge on any atom is -0.435 e. The van der Waals surface area contributed by atoms with Gasteiger partial charge in [-0.3, -0.25) is 4.79 Å². The van der Waals surface area contributed by atoms with Gasteiger partial charge in [-0.05, 0) is 43.9 Å². The number of amides is 2. The molecule has 1 N–H and O–H groups in total. The number of piperidine rings is 1. The van der Waals surface area contributed by atoms with Gasteiger partial charge in [-0.25, -0.2) is 4.79 Å². The van der Waals surface area contributed by atoms with E-state index in [0.717, 1.165) is 16.7 Å². The average Bonchev–Trinajstić information content (AvgIpc) is 2.75. The Morgan fingerprint density at radius 2 is 1.70 bits per heavy atom. The molecule has 1 aliphatic rings. The number of carbonyl (C=O) groups is 2. The van der Waals surface area contributed by atoms with Gasteiger partial charge in [-0.1, -0.05) is 42.0 Å². The molecule has 0 aromatic heterocycles. The van der Waals surface area contributed by atoms with E-state index in [1.165, 1.54) is 12.1 Å². The molecule has 0 radical (unpaired) electrons. The van der Waals surface area contributed by atoms with Gasteiger partial charge in [0, 0.05) is 31.1 Å². The monoisotopic (exact) mass is 416 g/mol. The van der Waals surface area contributed by atoms with E-state index in [0.29, 0.717) is 38.9 Å². The van der Waals surface area contributed by atoms with E-state index in [2.05, 4.69) is 10.1 Å². The zero-order valence-electron chi connectivity index (χ0n) is 16.9. The Morgan fingerprint density at radius 1 is 1.07 bits per heavy atom. The number of ketones is 1. The average molecular weight is 416 g/mol. The summed E-state index contributed by atoms with van der Waals surface area (Å²) in [6.07, 6.45) is 1.90. The molecule has 0 saturated carbocycles. The highest BCUT2D eigenvalue weighted by atomic mass is 19.3. The van der Waals surface area contributed by atoms with Crippen LogP contribution in [0.3, 0.4) is 0 Å². The number of halogens is 2. The van der Waals surface area contributed by atoms with Gasteiger partial charge in [0.15, 0.2) is 5.78 Å². The Labute approximate surface area is 175 Å². The lowest BCUT2D eigenvalue weighted by atomic mass is 9.89. The third kappa shape index (κ3) is 6.02. The molecule has 30 heavy (non-hydrogen) atoms. The Kier molecular flexibility index (Phi) is 7.38. The van der Waals surface area contributed by atoms with E-state index in [4.69, 9.17) is 0 Å². The number of hydrogen-bond acceptors (Lipinski definition) is 3. The summed E-state index contributed by atoms with van der Waals surface area (Å²) >= 11 is 0. The van der Waals surface area contributed by atoms with Gasteiger partial charge < -0.3 is 15.0 Å². The topological polar surface area (TPSA) is 58.6 Å². The van der Waals surface area contributed by atoms with Crippen LogP contribution in [0, 0.1) is 12.8 Å². The number of nitrogens with zero attached hydrogens (tertiary/aromatic N) is 1. The summed E-state index contributed by atoms with van der Waals surface area (Å²) in [5, 5.41) is 2.88. The Morgan fingerprint density at radius 3 is 2.30 bits per heavy atom. The second-order valence-electron chi connectivity index (χ2n) is 7.50. The molecule has 2 amide bonds. The van der Waals surface area contributed by atoms with Crippen LogP contribution in [0.1, 0.15) is 34.3 Å². The van der Waals surface area contributed by atoms with Crippen molar-refractivity contribution in [2.45, 2.75) is 32.8 Å². The molecule has 0 aliphatic carbocycles. The molecular weight excluding hydrogens is 390 g/mol. The first-order chi connectivity index (χ1) is 14.4. The molecule has 1 fully saturated rings. The molecule has 0 unspecified atom stereocenters. The van der Waals surface area contributed by atoms with E-state index in [1.807, 2.05) is 31.2 Å². The lowest BCUT2D eigenvalue weighted by Crippen LogP contribution is -2.45. The maximum absolute atomic E-state index is 12.6. The number of benzene rings is 2. The third-order valence-corrected chi connectivity index (χ3v) is 5.33. The fraction of sp³-hybridized carbons (Fsp3) is 0.391. The van der Waals surface area contributed by atoms with Crippen molar-refractivity contribution in [3.05, 3.63) is 65.2 Å². The van der Waals surface area contributed by atoms with Crippen LogP contribution in [0.25, 0.3) is 0 Å². The molecule has 7 heteroatoms. The second kappa shape index (κ2) is 10.2. The quantitative estimate of drug-likeness (QED) is 0.679. The number of rotatable bonds is 7. The highest BCUT2D eigenvalue weighted by Crippen LogP contribution is 2.22. The molecule has 1 aliphatic heterocycles. The standard InChI is InChI=1S/C23H26F2N2O3/c1-16-2-6-18(7-3-16)21(28)19-11-14-27(15-12-19)23(29)26-13-10-17-4-8-20(9-5-17)30-22(24)25/h2-9,19,22H,10-15H2,1H3,(H,26,29). The number of carbonyl (C=O) groups excluding carboxylic acids is 2. The van der Waals surface area contributed by atoms with Gasteiger partial charge in [0.25, 0.3) is 0 Å². The fourth-order valence-corrected chi connectivity index (χ4v) is 3.56. The predicted molar refractivity (Wildman–Crippen MR) is 110 cm³/mol. The molecule has 2 aromatic carbocycles. The zero-order valence-corrected chi connectivity index (χ0v) is 16.9. The number of Topliss-reactive ketones (excluding diaryl/α,β-unsaturated/α-hetero) is 1. The Hall–Kier alpha value is -2.96. The molecule has 3 rings (SSSR count). The lowest BCUT2D eigenvalue weighted by Gasteiger charge is -2.31. The first kappa shape index (κ1) is 21.7. The number of ether oxygens (including phenoxy) is 1. The molecule has 0 atom stereocenters. The maximum atomic E-state index is 12.6. The molecule has 0 bridgehead atoms. The zero-order chi connectivity index (χ0) is 21.5. The van der Waals surface area contributed by atoms with Gasteiger partial charge in [0.2, 0.25) is 0 Å². The third-order valence-electron chi connectivity index (χ3n) is 5.33. The van der Waals surface area contributed by atoms with Crippen LogP contribution in [0.5, 0.6) is 5.75 Å². The number of likely N-dealkylation sites (tertiary alicyclic amines) is 1. The molecule has 160 valence electrons. The summed E-state index contributed by atoms with van der Waals surface area (Å²) in [5.74, 6) is 0.209. The lowest BCUT2D eigenvalue weighted by molar-refractivity contribution is -0.0498. The first-order valence-corrected chi connectivity index (χ1v) is 10.1. The van der Waals surface area contributed by atoms with E-state index in [-0.39, 0.29) is 23.5 Å². The summed E-state index contributed by atoms with van der Waals surface area (Å²) in [6.45, 7) is 0.686. The van der Waals surface area contributed by atoms with Crippen molar-refractivity contribution < 1.29 is 23.1 Å². The summed E-state index contributed by atoms with van der Waals surface area (Å²) < 4.78 is 28.6. The van der Waals surface area contributed by atoms with Crippen LogP contribution in [0.15, 0.2) is 48.5 Å². The Balaban J connectivity index is 1.40. The Bertz CT molecular complexity index is 846. The van der Waals surface area contributed by atoms with Crippen LogP contribution in [0.2, 0.25) is 0 Å². The van der Waals surface area contributed by atoms with Crippen molar-refractivity contribution in [3.8, 4) is 5.75 Å². The van der Waals surface area contributed by atoms with Crippen molar-refractivity contribution in [1.82, 2.24) is 10.2 Å². The summed E-state index contributed by atoms with van der Waals surface area (Å²) in [6, 6.07) is 13.8. The van der Waals surface area contributed by atoms with E-state index in [1.54, 1.807) is 17.0 Å². The fourth-order valence-electron chi connectivity index (χ4n) is 3.56. The predicted octanol–water partition coefficient (Wildman–Crippen LogP) is 4.44. The van der Waals surface area contributed by atoms with E-state index < -0.39 is 6.61 Å². The number of urea groups is 1. The van der Waals surface area contributed by atoms with Crippen molar-refractivity contribution >= 4 is 11.8 Å². The van der Waals surface area contributed by atoms with Crippen molar-refractivity contribution in [3.63, 3.8) is 0 Å². The van der Waals surface area contributed by atoms with Gasteiger partial charge in [0.1, 0.15) is 5.75 Å². The molecule has 1 heterocycles. The van der Waals surface area contributed by atoms with Crippen molar-refractivity contribution in [1.29, 1.82) is 0 Å². The van der Waals surface area contributed by atoms with E-state index in [9.17, 15) is 18.4 Å². The minimum absolute atomic E-state index is 0.0503. The maximum Gasteiger partial charge on any atom is 0.387 e. The van der Waals surface area contributed by atoms with Gasteiger partial charge in [0.05, 0.1) is 0 Å². The van der Waals surface area contributed by atoms with Gasteiger partial charge in [-0.2, -0.15) is 8.78 Å². The van der Waals surface area contributed by atoms with Crippen molar-refractivity contribution in [2.75, 3.05) is 19.6 Å². The van der Waals surface area contributed by atoms with Crippen LogP contribution in [0.4, 0.5) is 13.6 Å². The number of alkyl halides is 2. The van der Waals surface area contributed by atoms with E-state index >= 15 is 0 Å². The number of aryl methyl sites for hydroxylation is 1. The van der Waals surface area contributed by atoms with Crippen LogP contribution < -0.4 is 10.1 Å². The molecular formula is C23H26F2N2O3. The van der Waals surface area contributed by atoms with Gasteiger partial charge >= 0.3 is 12.6 Å². The van der Waals surface area contributed by atoms with Crippen molar-refractivity contribution in [2.24, 2.45) is 5.92 Å². The minimum atomic E-state index is -2.84. The highest BCUT2D eigenvalue weighted by molar-refractivity contribution is 5.98. The molecule has 1 saturated heterocycles. The smallest absolute Gasteiger partial charge is 0.387 e.